The Labute approximate surface area is 209 Å². The van der Waals surface area contributed by atoms with Gasteiger partial charge in [-0.15, -0.1) is 0 Å². The monoisotopic (exact) mass is 462 g/mol. The van der Waals surface area contributed by atoms with E-state index in [1.54, 1.807) is 0 Å². The summed E-state index contributed by atoms with van der Waals surface area (Å²) in [6.45, 7) is 6.05. The van der Waals surface area contributed by atoms with E-state index in [-0.39, 0.29) is 11.4 Å². The number of carbonyl (C=O) groups is 1. The van der Waals surface area contributed by atoms with Crippen molar-refractivity contribution in [3.8, 4) is 0 Å². The van der Waals surface area contributed by atoms with Crippen molar-refractivity contribution in [1.29, 1.82) is 0 Å². The smallest absolute Gasteiger partial charge is 0.237 e. The van der Waals surface area contributed by atoms with Gasteiger partial charge >= 0.3 is 0 Å². The van der Waals surface area contributed by atoms with Gasteiger partial charge in [0.25, 0.3) is 0 Å². The Morgan fingerprint density at radius 1 is 0.629 bits per heavy atom. The summed E-state index contributed by atoms with van der Waals surface area (Å²) in [6, 6.07) is 40.9. The van der Waals surface area contributed by atoms with Gasteiger partial charge in [0.15, 0.2) is 0 Å². The van der Waals surface area contributed by atoms with Gasteiger partial charge in [0.2, 0.25) is 5.91 Å². The molecule has 0 bridgehead atoms. The second kappa shape index (κ2) is 10.7. The van der Waals surface area contributed by atoms with Crippen LogP contribution in [-0.2, 0) is 16.8 Å². The third kappa shape index (κ3) is 5.87. The van der Waals surface area contributed by atoms with Gasteiger partial charge in [-0.3, -0.25) is 10.1 Å². The Morgan fingerprint density at radius 3 is 1.37 bits per heavy atom. The lowest BCUT2D eigenvalue weighted by Gasteiger charge is -2.40. The molecule has 0 aromatic heterocycles. The van der Waals surface area contributed by atoms with Gasteiger partial charge in [-0.1, -0.05) is 121 Å². The van der Waals surface area contributed by atoms with E-state index in [1.165, 1.54) is 0 Å². The SMILES string of the molecule is CC(C)(C)NC(=O)[C@H](Cc1ccccc1)NC(c1ccccc1)(c1ccccc1)c1ccccc1. The van der Waals surface area contributed by atoms with Crippen LogP contribution in [0.15, 0.2) is 121 Å². The third-order valence-electron chi connectivity index (χ3n) is 6.11. The van der Waals surface area contributed by atoms with Crippen LogP contribution in [0.1, 0.15) is 43.0 Å². The topological polar surface area (TPSA) is 41.1 Å². The van der Waals surface area contributed by atoms with Gasteiger partial charge in [0.1, 0.15) is 0 Å². The largest absolute Gasteiger partial charge is 0.350 e. The molecule has 35 heavy (non-hydrogen) atoms. The Morgan fingerprint density at radius 2 is 1.00 bits per heavy atom. The number of amides is 1. The first-order chi connectivity index (χ1) is 16.9. The molecular weight excluding hydrogens is 428 g/mol. The van der Waals surface area contributed by atoms with Gasteiger partial charge in [-0.2, -0.15) is 0 Å². The van der Waals surface area contributed by atoms with Crippen molar-refractivity contribution in [2.45, 2.75) is 44.3 Å². The molecule has 1 amide bonds. The lowest BCUT2D eigenvalue weighted by molar-refractivity contribution is -0.125. The average molecular weight is 463 g/mol. The maximum atomic E-state index is 13.8. The van der Waals surface area contributed by atoms with Crippen molar-refractivity contribution in [1.82, 2.24) is 10.6 Å². The first-order valence-electron chi connectivity index (χ1n) is 12.2. The van der Waals surface area contributed by atoms with Crippen molar-refractivity contribution in [3.63, 3.8) is 0 Å². The zero-order chi connectivity index (χ0) is 24.7. The molecule has 0 aliphatic heterocycles. The van der Waals surface area contributed by atoms with Gasteiger partial charge in [-0.05, 0) is 49.4 Å². The normalized spacial score (nSPS) is 12.7. The van der Waals surface area contributed by atoms with E-state index in [4.69, 9.17) is 0 Å². The summed E-state index contributed by atoms with van der Waals surface area (Å²) >= 11 is 0. The summed E-state index contributed by atoms with van der Waals surface area (Å²) in [5.41, 5.74) is 3.29. The lowest BCUT2D eigenvalue weighted by atomic mass is 9.76. The molecule has 0 saturated carbocycles. The highest BCUT2D eigenvalue weighted by molar-refractivity contribution is 5.83. The molecule has 0 aliphatic rings. The summed E-state index contributed by atoms with van der Waals surface area (Å²) in [5.74, 6) is -0.0199. The minimum absolute atomic E-state index is 0.0199. The van der Waals surface area contributed by atoms with Crippen molar-refractivity contribution in [2.75, 3.05) is 0 Å². The zero-order valence-electron chi connectivity index (χ0n) is 20.7. The van der Waals surface area contributed by atoms with Crippen LogP contribution in [0.5, 0.6) is 0 Å². The number of hydrogen-bond acceptors (Lipinski definition) is 2. The van der Waals surface area contributed by atoms with E-state index in [1.807, 2.05) is 57.2 Å². The summed E-state index contributed by atoms with van der Waals surface area (Å²) < 4.78 is 0. The number of benzene rings is 4. The molecule has 0 aliphatic carbocycles. The van der Waals surface area contributed by atoms with Crippen molar-refractivity contribution in [3.05, 3.63) is 144 Å². The minimum Gasteiger partial charge on any atom is -0.350 e. The van der Waals surface area contributed by atoms with E-state index in [2.05, 4.69) is 95.6 Å². The predicted octanol–water partition coefficient (Wildman–Crippen LogP) is 6.09. The molecule has 4 aromatic rings. The maximum Gasteiger partial charge on any atom is 0.237 e. The summed E-state index contributed by atoms with van der Waals surface area (Å²) in [7, 11) is 0. The maximum absolute atomic E-state index is 13.8. The highest BCUT2D eigenvalue weighted by Crippen LogP contribution is 2.37. The summed E-state index contributed by atoms with van der Waals surface area (Å²) in [5, 5.41) is 7.09. The van der Waals surface area contributed by atoms with Crippen LogP contribution in [0, 0.1) is 0 Å². The predicted molar refractivity (Wildman–Crippen MR) is 144 cm³/mol. The average Bonchev–Trinajstić information content (AvgIpc) is 2.88. The van der Waals surface area contributed by atoms with E-state index < -0.39 is 11.6 Å². The molecule has 4 aromatic carbocycles. The van der Waals surface area contributed by atoms with Gasteiger partial charge in [-0.25, -0.2) is 0 Å². The highest BCUT2D eigenvalue weighted by Gasteiger charge is 2.40. The summed E-state index contributed by atoms with van der Waals surface area (Å²) in [6.07, 6.45) is 0.566. The van der Waals surface area contributed by atoms with Gasteiger partial charge in [0, 0.05) is 5.54 Å². The fraction of sp³-hybridized carbons (Fsp3) is 0.219. The van der Waals surface area contributed by atoms with E-state index in [0.29, 0.717) is 6.42 Å². The molecule has 0 spiro atoms. The molecular formula is C32H34N2O. The zero-order valence-corrected chi connectivity index (χ0v) is 20.7. The Hall–Kier alpha value is -3.69. The van der Waals surface area contributed by atoms with E-state index >= 15 is 0 Å². The van der Waals surface area contributed by atoms with Crippen LogP contribution in [-0.4, -0.2) is 17.5 Å². The van der Waals surface area contributed by atoms with E-state index in [9.17, 15) is 4.79 Å². The molecule has 1 atom stereocenters. The lowest BCUT2D eigenvalue weighted by Crippen LogP contribution is -2.58. The molecule has 3 heteroatoms. The molecule has 178 valence electrons. The van der Waals surface area contributed by atoms with Crippen LogP contribution >= 0.6 is 0 Å². The van der Waals surface area contributed by atoms with Crippen LogP contribution in [0.25, 0.3) is 0 Å². The van der Waals surface area contributed by atoms with Gasteiger partial charge < -0.3 is 5.32 Å². The minimum atomic E-state index is -0.724. The second-order valence-corrected chi connectivity index (χ2v) is 9.97. The van der Waals surface area contributed by atoms with Crippen molar-refractivity contribution in [2.24, 2.45) is 0 Å². The standard InChI is InChI=1S/C32H34N2O/c1-31(2,3)34-30(35)29(24-25-16-8-4-9-17-25)33-32(26-18-10-5-11-19-26,27-20-12-6-13-21-27)28-22-14-7-15-23-28/h4-23,29,33H,24H2,1-3H3,(H,34,35)/t29-/m0/s1. The fourth-order valence-corrected chi connectivity index (χ4v) is 4.59. The van der Waals surface area contributed by atoms with E-state index in [0.717, 1.165) is 22.3 Å². The van der Waals surface area contributed by atoms with Crippen LogP contribution in [0.4, 0.5) is 0 Å². The Balaban J connectivity index is 1.90. The quantitative estimate of drug-likeness (QED) is 0.311. The number of nitrogens with one attached hydrogen (secondary N) is 2. The van der Waals surface area contributed by atoms with Crippen LogP contribution in [0.3, 0.4) is 0 Å². The van der Waals surface area contributed by atoms with Crippen molar-refractivity contribution < 1.29 is 4.79 Å². The molecule has 0 unspecified atom stereocenters. The molecule has 2 N–H and O–H groups in total. The Kier molecular flexibility index (Phi) is 7.48. The van der Waals surface area contributed by atoms with Crippen molar-refractivity contribution >= 4 is 5.91 Å². The molecule has 0 radical (unpaired) electrons. The first kappa shape index (κ1) is 24.4. The fourth-order valence-electron chi connectivity index (χ4n) is 4.59. The molecule has 0 heterocycles. The van der Waals surface area contributed by atoms with Gasteiger partial charge in [0.05, 0.1) is 11.6 Å². The Bertz CT molecular complexity index is 1100. The molecule has 4 rings (SSSR count). The molecule has 0 fully saturated rings. The molecule has 3 nitrogen and oxygen atoms in total. The highest BCUT2D eigenvalue weighted by atomic mass is 16.2. The first-order valence-corrected chi connectivity index (χ1v) is 12.2. The summed E-state index contributed by atoms with van der Waals surface area (Å²) in [4.78, 5) is 13.8. The third-order valence-corrected chi connectivity index (χ3v) is 6.11. The second-order valence-electron chi connectivity index (χ2n) is 9.97. The number of hydrogen-bond donors (Lipinski definition) is 2. The van der Waals surface area contributed by atoms with Crippen LogP contribution in [0.2, 0.25) is 0 Å². The number of rotatable bonds is 8. The molecule has 0 saturated heterocycles. The number of carbonyl (C=O) groups excluding carboxylic acids is 1. The van der Waals surface area contributed by atoms with Crippen LogP contribution < -0.4 is 10.6 Å².